The van der Waals surface area contributed by atoms with Gasteiger partial charge in [-0.3, -0.25) is 9.48 Å². The lowest BCUT2D eigenvalue weighted by molar-refractivity contribution is 0.0954. The van der Waals surface area contributed by atoms with E-state index < -0.39 is 0 Å². The highest BCUT2D eigenvalue weighted by atomic mass is 16.3. The number of piperidine rings is 1. The number of likely N-dealkylation sites (tertiary alicyclic amines) is 1. The Morgan fingerprint density at radius 2 is 2.14 bits per heavy atom. The van der Waals surface area contributed by atoms with E-state index in [9.17, 15) is 9.90 Å². The number of aliphatic imine (C=N–C) groups is 1. The molecule has 3 heterocycles. The van der Waals surface area contributed by atoms with E-state index in [1.165, 1.54) is 0 Å². The molecule has 184 valence electrons. The lowest BCUT2D eigenvalue weighted by atomic mass is 10.0. The summed E-state index contributed by atoms with van der Waals surface area (Å²) in [5.41, 5.74) is 3.23. The molecule has 0 atom stereocenters. The van der Waals surface area contributed by atoms with Gasteiger partial charge in [-0.1, -0.05) is 6.92 Å². The number of amides is 1. The number of aromatic amines is 1. The molecule has 4 rings (SSSR count). The molecule has 0 spiro atoms. The van der Waals surface area contributed by atoms with Gasteiger partial charge in [-0.05, 0) is 51.3 Å². The van der Waals surface area contributed by atoms with Crippen molar-refractivity contribution in [3.63, 3.8) is 0 Å². The average Bonchev–Trinajstić information content (AvgIpc) is 3.45. The summed E-state index contributed by atoms with van der Waals surface area (Å²) in [4.78, 5) is 22.8. The van der Waals surface area contributed by atoms with Gasteiger partial charge in [0.25, 0.3) is 5.91 Å². The summed E-state index contributed by atoms with van der Waals surface area (Å²) in [6, 6.07) is 8.16. The van der Waals surface area contributed by atoms with Gasteiger partial charge in [0.2, 0.25) is 0 Å². The lowest BCUT2D eigenvalue weighted by Gasteiger charge is -2.34. The quantitative estimate of drug-likeness (QED) is 0.331. The number of nitrogens with one attached hydrogen (secondary N) is 2. The van der Waals surface area contributed by atoms with Crippen LogP contribution in [0.1, 0.15) is 68.4 Å². The van der Waals surface area contributed by atoms with Gasteiger partial charge >= 0.3 is 0 Å². The number of hydrogen-bond donors (Lipinski definition) is 3. The van der Waals surface area contributed by atoms with Crippen molar-refractivity contribution in [3.05, 3.63) is 41.7 Å². The molecule has 0 radical (unpaired) electrons. The molecule has 1 fully saturated rings. The van der Waals surface area contributed by atoms with Crippen LogP contribution in [0.4, 0.5) is 5.69 Å². The molecule has 1 saturated heterocycles. The number of carbonyl (C=O) groups is 1. The van der Waals surface area contributed by atoms with Crippen LogP contribution >= 0.6 is 0 Å². The summed E-state index contributed by atoms with van der Waals surface area (Å²) in [5.74, 6) is -0.232. The van der Waals surface area contributed by atoms with Gasteiger partial charge in [-0.15, -0.1) is 0 Å². The minimum Gasteiger partial charge on any atom is -0.494 e. The first-order chi connectivity index (χ1) is 16.9. The smallest absolute Gasteiger partial charge is 0.251 e. The zero-order chi connectivity index (χ0) is 24.9. The predicted molar refractivity (Wildman–Crippen MR) is 136 cm³/mol. The third-order valence-electron chi connectivity index (χ3n) is 6.64. The highest BCUT2D eigenvalue weighted by molar-refractivity contribution is 6.14. The highest BCUT2D eigenvalue weighted by Crippen LogP contribution is 2.31. The summed E-state index contributed by atoms with van der Waals surface area (Å²) < 4.78 is 2.02. The predicted octanol–water partition coefficient (Wildman–Crippen LogP) is 4.29. The van der Waals surface area contributed by atoms with Crippen molar-refractivity contribution in [1.82, 2.24) is 25.0 Å². The maximum atomic E-state index is 12.5. The van der Waals surface area contributed by atoms with Crippen LogP contribution in [0.5, 0.6) is 5.88 Å². The third-order valence-corrected chi connectivity index (χ3v) is 6.64. The molecule has 9 nitrogen and oxygen atoms in total. The maximum absolute atomic E-state index is 12.5. The van der Waals surface area contributed by atoms with Crippen LogP contribution in [0.2, 0.25) is 0 Å². The Balaban J connectivity index is 1.58. The summed E-state index contributed by atoms with van der Waals surface area (Å²) in [6.45, 7) is 8.88. The molecule has 1 amide bonds. The number of nitriles is 1. The Bertz CT molecular complexity index is 1260. The molecule has 1 aliphatic heterocycles. The summed E-state index contributed by atoms with van der Waals surface area (Å²) >= 11 is 0. The van der Waals surface area contributed by atoms with Crippen LogP contribution in [0, 0.1) is 11.3 Å². The van der Waals surface area contributed by atoms with E-state index in [-0.39, 0.29) is 18.2 Å². The second-order valence-electron chi connectivity index (χ2n) is 9.22. The summed E-state index contributed by atoms with van der Waals surface area (Å²) in [6.07, 6.45) is 6.71. The molecule has 0 saturated carbocycles. The Morgan fingerprint density at radius 3 is 2.83 bits per heavy atom. The topological polar surface area (TPSA) is 122 Å². The molecule has 3 N–H and O–H groups in total. The molecular weight excluding hydrogens is 442 g/mol. The van der Waals surface area contributed by atoms with Gasteiger partial charge in [-0.2, -0.15) is 10.4 Å². The zero-order valence-corrected chi connectivity index (χ0v) is 20.6. The zero-order valence-electron chi connectivity index (χ0n) is 20.6. The number of hydrogen-bond acceptors (Lipinski definition) is 6. The van der Waals surface area contributed by atoms with E-state index in [4.69, 9.17) is 10.3 Å². The first kappa shape index (κ1) is 24.5. The van der Waals surface area contributed by atoms with Gasteiger partial charge < -0.3 is 20.3 Å². The van der Waals surface area contributed by atoms with Gasteiger partial charge in [0.1, 0.15) is 5.69 Å². The van der Waals surface area contributed by atoms with Crippen molar-refractivity contribution in [1.29, 1.82) is 5.26 Å². The molecule has 35 heavy (non-hydrogen) atoms. The number of rotatable bonds is 8. The molecule has 2 aromatic heterocycles. The fraction of sp³-hybridized carbons (Fsp3) is 0.462. The van der Waals surface area contributed by atoms with E-state index in [0.717, 1.165) is 42.5 Å². The van der Waals surface area contributed by atoms with Crippen molar-refractivity contribution in [2.75, 3.05) is 19.6 Å². The van der Waals surface area contributed by atoms with E-state index >= 15 is 0 Å². The Kier molecular flexibility index (Phi) is 7.51. The second kappa shape index (κ2) is 10.7. The Morgan fingerprint density at radius 1 is 1.37 bits per heavy atom. The number of carbonyl (C=O) groups excluding carboxylic acids is 1. The number of fused-ring (bicyclic) bond motifs is 1. The van der Waals surface area contributed by atoms with E-state index in [2.05, 4.69) is 34.1 Å². The van der Waals surface area contributed by atoms with Crippen LogP contribution in [0.3, 0.4) is 0 Å². The van der Waals surface area contributed by atoms with Crippen LogP contribution in [0.15, 0.2) is 35.6 Å². The minimum atomic E-state index is -0.256. The van der Waals surface area contributed by atoms with Crippen molar-refractivity contribution >= 4 is 28.2 Å². The molecule has 1 aliphatic rings. The van der Waals surface area contributed by atoms with Crippen LogP contribution < -0.4 is 5.32 Å². The summed E-state index contributed by atoms with van der Waals surface area (Å²) in [7, 11) is 0. The number of benzene rings is 1. The monoisotopic (exact) mass is 475 g/mol. The van der Waals surface area contributed by atoms with Crippen LogP contribution in [-0.4, -0.2) is 62.1 Å². The number of aromatic nitrogens is 3. The number of aromatic hydroxyl groups is 1. The van der Waals surface area contributed by atoms with E-state index in [1.807, 2.05) is 23.9 Å². The SMILES string of the molecule is CCC(=Nc1cnn(C2CCN(C(C)C)CC2)c1)c1c(O)[nH]c2ccc(C(=O)NCCC#N)cc12. The number of H-pyrrole nitrogens is 1. The first-order valence-electron chi connectivity index (χ1n) is 12.3. The van der Waals surface area contributed by atoms with Crippen molar-refractivity contribution in [3.8, 4) is 11.9 Å². The van der Waals surface area contributed by atoms with Crippen molar-refractivity contribution < 1.29 is 9.90 Å². The molecule has 9 heteroatoms. The Hall–Kier alpha value is -3.64. The van der Waals surface area contributed by atoms with Crippen molar-refractivity contribution in [2.24, 2.45) is 4.99 Å². The fourth-order valence-corrected chi connectivity index (χ4v) is 4.66. The molecule has 0 unspecified atom stereocenters. The minimum absolute atomic E-state index is 0.0242. The van der Waals surface area contributed by atoms with Crippen LogP contribution in [-0.2, 0) is 0 Å². The molecule has 0 bridgehead atoms. The fourth-order valence-electron chi connectivity index (χ4n) is 4.66. The number of nitrogens with zero attached hydrogens (tertiary/aromatic N) is 5. The average molecular weight is 476 g/mol. The Labute approximate surface area is 205 Å². The van der Waals surface area contributed by atoms with Crippen molar-refractivity contribution in [2.45, 2.75) is 58.5 Å². The summed E-state index contributed by atoms with van der Waals surface area (Å²) in [5, 5.41) is 27.4. The normalized spacial score (nSPS) is 15.6. The third kappa shape index (κ3) is 5.38. The standard InChI is InChI=1S/C26H33N7O2/c1-4-22(30-19-15-29-33(16-19)20-8-12-32(13-9-20)17(2)3)24-21-14-18(25(34)28-11-5-10-27)6-7-23(21)31-26(24)35/h6-7,14-17,20,31,35H,4-5,8-9,11-13H2,1-3H3,(H,28,34). The van der Waals surface area contributed by atoms with Gasteiger partial charge in [-0.25, -0.2) is 4.99 Å². The molecule has 0 aliphatic carbocycles. The molecular formula is C26H33N7O2. The van der Waals surface area contributed by atoms with Gasteiger partial charge in [0.05, 0.1) is 42.2 Å². The largest absolute Gasteiger partial charge is 0.494 e. The lowest BCUT2D eigenvalue weighted by Crippen LogP contribution is -2.39. The van der Waals surface area contributed by atoms with Gasteiger partial charge in [0, 0.05) is 42.1 Å². The van der Waals surface area contributed by atoms with Crippen LogP contribution in [0.25, 0.3) is 10.9 Å². The van der Waals surface area contributed by atoms with E-state index in [0.29, 0.717) is 41.9 Å². The van der Waals surface area contributed by atoms with E-state index in [1.54, 1.807) is 24.4 Å². The molecule has 3 aromatic rings. The molecule has 1 aromatic carbocycles. The second-order valence-corrected chi connectivity index (χ2v) is 9.22. The maximum Gasteiger partial charge on any atom is 0.251 e. The van der Waals surface area contributed by atoms with Gasteiger partial charge in [0.15, 0.2) is 5.88 Å². The highest BCUT2D eigenvalue weighted by Gasteiger charge is 2.23. The first-order valence-corrected chi connectivity index (χ1v) is 12.3.